The Morgan fingerprint density at radius 2 is 1.77 bits per heavy atom. The van der Waals surface area contributed by atoms with Crippen molar-refractivity contribution < 1.29 is 30.4 Å². The van der Waals surface area contributed by atoms with Crippen LogP contribution < -0.4 is 10.6 Å². The van der Waals surface area contributed by atoms with Crippen molar-refractivity contribution in [1.29, 1.82) is 0 Å². The molecule has 1 aromatic heterocycles. The van der Waals surface area contributed by atoms with Gasteiger partial charge in [-0.2, -0.15) is 17.5 Å². The molecule has 0 radical (unpaired) electrons. The fourth-order valence-electron chi connectivity index (χ4n) is 5.12. The van der Waals surface area contributed by atoms with E-state index in [2.05, 4.69) is 4.98 Å². The lowest BCUT2D eigenvalue weighted by atomic mass is 9.99. The first-order valence-corrected chi connectivity index (χ1v) is 14.0. The van der Waals surface area contributed by atoms with Crippen LogP contribution >= 0.6 is 0 Å². The molecule has 0 spiro atoms. The Balaban J connectivity index is 1.60. The number of hydrogen-bond donors (Lipinski definition) is 1. The van der Waals surface area contributed by atoms with Gasteiger partial charge in [0.2, 0.25) is 0 Å². The van der Waals surface area contributed by atoms with Gasteiger partial charge in [-0.3, -0.25) is 4.98 Å². The van der Waals surface area contributed by atoms with E-state index in [1.807, 2.05) is 17.0 Å². The quantitative estimate of drug-likeness (QED) is 0.383. The molecule has 12 heteroatoms. The van der Waals surface area contributed by atoms with Crippen LogP contribution in [0.1, 0.15) is 47.6 Å². The van der Waals surface area contributed by atoms with Gasteiger partial charge in [-0.1, -0.05) is 24.3 Å². The number of sulfonamides is 1. The van der Waals surface area contributed by atoms with Crippen molar-refractivity contribution in [2.45, 2.75) is 56.2 Å². The Hall–Kier alpha value is -3.25. The highest BCUT2D eigenvalue weighted by atomic mass is 32.2. The molecule has 1 fully saturated rings. The maximum Gasteiger partial charge on any atom is 0.511 e. The summed E-state index contributed by atoms with van der Waals surface area (Å²) in [5.74, 6) is -0.965. The lowest BCUT2D eigenvalue weighted by Crippen LogP contribution is -2.47. The lowest BCUT2D eigenvalue weighted by molar-refractivity contribution is -0.0492. The number of anilines is 2. The fourth-order valence-corrected chi connectivity index (χ4v) is 6.08. The first-order chi connectivity index (χ1) is 18.4. The third-order valence-corrected chi connectivity index (χ3v) is 8.83. The second-order valence-electron chi connectivity index (χ2n) is 10.0. The highest BCUT2D eigenvalue weighted by Gasteiger charge is 2.51. The van der Waals surface area contributed by atoms with Crippen LogP contribution in [-0.4, -0.2) is 35.8 Å². The largest absolute Gasteiger partial charge is 0.511 e. The topological polar surface area (TPSA) is 79.5 Å². The maximum absolute atomic E-state index is 13.8. The van der Waals surface area contributed by atoms with Gasteiger partial charge < -0.3 is 10.6 Å². The molecule has 5 rings (SSSR count). The van der Waals surface area contributed by atoms with E-state index in [-0.39, 0.29) is 24.6 Å². The van der Waals surface area contributed by atoms with Crippen molar-refractivity contribution in [3.63, 3.8) is 0 Å². The fraction of sp³-hybridized carbons (Fsp3) is 0.370. The van der Waals surface area contributed by atoms with Gasteiger partial charge in [0, 0.05) is 24.8 Å². The van der Waals surface area contributed by atoms with Crippen molar-refractivity contribution in [2.75, 3.05) is 17.2 Å². The Kier molecular flexibility index (Phi) is 7.27. The van der Waals surface area contributed by atoms with Gasteiger partial charge in [-0.25, -0.2) is 17.2 Å². The molecule has 1 saturated carbocycles. The van der Waals surface area contributed by atoms with Gasteiger partial charge in [0.25, 0.3) is 0 Å². The minimum atomic E-state index is -5.65. The number of nitrogen functional groups attached to an aromatic ring is 1. The minimum Gasteiger partial charge on any atom is -0.396 e. The molecule has 3 aromatic rings. The maximum atomic E-state index is 13.8. The van der Waals surface area contributed by atoms with E-state index >= 15 is 0 Å². The molecule has 0 unspecified atom stereocenters. The molecule has 0 saturated heterocycles. The van der Waals surface area contributed by atoms with E-state index in [9.17, 15) is 30.4 Å². The van der Waals surface area contributed by atoms with Crippen molar-refractivity contribution in [2.24, 2.45) is 0 Å². The molecule has 2 aliphatic rings. The zero-order chi connectivity index (χ0) is 27.9. The Morgan fingerprint density at radius 3 is 2.41 bits per heavy atom. The molecular weight excluding hydrogens is 539 g/mol. The number of aromatic nitrogens is 1. The molecule has 208 valence electrons. The van der Waals surface area contributed by atoms with Crippen LogP contribution in [0.4, 0.5) is 33.3 Å². The Labute approximate surface area is 223 Å². The smallest absolute Gasteiger partial charge is 0.396 e. The van der Waals surface area contributed by atoms with Crippen LogP contribution in [0.15, 0.2) is 54.7 Å². The van der Waals surface area contributed by atoms with Gasteiger partial charge in [0.1, 0.15) is 5.82 Å². The molecule has 1 atom stereocenters. The van der Waals surface area contributed by atoms with Crippen LogP contribution in [0.2, 0.25) is 0 Å². The summed E-state index contributed by atoms with van der Waals surface area (Å²) in [6.07, 6.45) is 3.34. The van der Waals surface area contributed by atoms with Gasteiger partial charge in [-0.15, -0.1) is 0 Å². The highest BCUT2D eigenvalue weighted by molar-refractivity contribution is 7.89. The predicted molar refractivity (Wildman–Crippen MR) is 137 cm³/mol. The number of alkyl halides is 3. The average molecular weight is 567 g/mol. The number of benzene rings is 2. The number of halogens is 5. The summed E-state index contributed by atoms with van der Waals surface area (Å²) in [5, 5.41) is 0. The molecular formula is C27H27F5N4O2S. The first kappa shape index (κ1) is 27.3. The van der Waals surface area contributed by atoms with Crippen molar-refractivity contribution in [1.82, 2.24) is 9.29 Å². The SMILES string of the molecule is Nc1cc(CN2c3cccc(C4CC4)c3CN(S(=O)(=O)C(F)(F)F)C[C@@H]2CCc2ccc(F)cc2)ncc1F. The molecule has 39 heavy (non-hydrogen) atoms. The van der Waals surface area contributed by atoms with E-state index in [1.165, 1.54) is 18.2 Å². The van der Waals surface area contributed by atoms with E-state index in [1.54, 1.807) is 18.2 Å². The highest BCUT2D eigenvalue weighted by Crippen LogP contribution is 2.46. The van der Waals surface area contributed by atoms with Crippen molar-refractivity contribution in [3.05, 3.63) is 88.7 Å². The van der Waals surface area contributed by atoms with Gasteiger partial charge in [0.05, 0.1) is 24.1 Å². The average Bonchev–Trinajstić information content (AvgIpc) is 3.73. The summed E-state index contributed by atoms with van der Waals surface area (Å²) in [7, 11) is -5.65. The molecule has 0 amide bonds. The van der Waals surface area contributed by atoms with Crippen LogP contribution in [0.25, 0.3) is 0 Å². The molecule has 2 aromatic carbocycles. The Morgan fingerprint density at radius 1 is 1.05 bits per heavy atom. The van der Waals surface area contributed by atoms with Crippen LogP contribution in [0.5, 0.6) is 0 Å². The number of pyridine rings is 1. The Bertz CT molecular complexity index is 1460. The van der Waals surface area contributed by atoms with E-state index in [0.29, 0.717) is 27.7 Å². The number of fused-ring (bicyclic) bond motifs is 1. The summed E-state index contributed by atoms with van der Waals surface area (Å²) < 4.78 is 94.7. The zero-order valence-electron chi connectivity index (χ0n) is 20.8. The lowest BCUT2D eigenvalue weighted by Gasteiger charge is -2.34. The molecule has 1 aliphatic heterocycles. The van der Waals surface area contributed by atoms with E-state index < -0.39 is 46.3 Å². The van der Waals surface area contributed by atoms with Crippen LogP contribution in [0.3, 0.4) is 0 Å². The third kappa shape index (κ3) is 5.72. The predicted octanol–water partition coefficient (Wildman–Crippen LogP) is 5.49. The van der Waals surface area contributed by atoms with Crippen LogP contribution in [-0.2, 0) is 29.5 Å². The monoisotopic (exact) mass is 566 g/mol. The van der Waals surface area contributed by atoms with Gasteiger partial charge in [0.15, 0.2) is 5.82 Å². The third-order valence-electron chi connectivity index (χ3n) is 7.29. The first-order valence-electron chi connectivity index (χ1n) is 12.5. The number of nitrogens with zero attached hydrogens (tertiary/aromatic N) is 3. The summed E-state index contributed by atoms with van der Waals surface area (Å²) in [5.41, 5.74) is 3.26. The van der Waals surface area contributed by atoms with Crippen molar-refractivity contribution >= 4 is 21.4 Å². The van der Waals surface area contributed by atoms with Gasteiger partial charge in [-0.05, 0) is 72.6 Å². The zero-order valence-corrected chi connectivity index (χ0v) is 21.7. The number of hydrogen-bond acceptors (Lipinski definition) is 5. The molecule has 0 bridgehead atoms. The number of rotatable bonds is 7. The molecule has 1 aliphatic carbocycles. The van der Waals surface area contributed by atoms with Crippen molar-refractivity contribution in [3.8, 4) is 0 Å². The summed E-state index contributed by atoms with van der Waals surface area (Å²) >= 11 is 0. The second-order valence-corrected chi connectivity index (χ2v) is 11.9. The van der Waals surface area contributed by atoms with Crippen LogP contribution in [0, 0.1) is 11.6 Å². The number of nitrogens with two attached hydrogens (primary N) is 1. The molecule has 2 heterocycles. The minimum absolute atomic E-state index is 0.0690. The summed E-state index contributed by atoms with van der Waals surface area (Å²) in [6.45, 7) is -0.787. The van der Waals surface area contributed by atoms with E-state index in [0.717, 1.165) is 30.2 Å². The standard InChI is InChI=1S/C27H27F5N4O2S/c28-19-9-4-17(5-10-19)6-11-21-15-35(39(37,38)27(30,31)32)16-23-22(18-7-8-18)2-1-3-26(23)36(21)14-20-12-25(33)24(29)13-34-20/h1-5,9-10,12-13,18,21H,6-8,11,14-16H2,(H2,33,34)/t21-/m0/s1. The molecule has 2 N–H and O–H groups in total. The number of aryl methyl sites for hydroxylation is 1. The second kappa shape index (κ2) is 10.4. The molecule has 6 nitrogen and oxygen atoms in total. The summed E-state index contributed by atoms with van der Waals surface area (Å²) in [6, 6.07) is 11.8. The normalized spacial score (nSPS) is 18.6. The summed E-state index contributed by atoms with van der Waals surface area (Å²) in [4.78, 5) is 5.97. The van der Waals surface area contributed by atoms with E-state index in [4.69, 9.17) is 5.73 Å². The van der Waals surface area contributed by atoms with Gasteiger partial charge >= 0.3 is 15.5 Å².